The van der Waals surface area contributed by atoms with Gasteiger partial charge in [-0.3, -0.25) is 19.2 Å². The van der Waals surface area contributed by atoms with Crippen molar-refractivity contribution >= 4 is 23.8 Å². The molecule has 0 radical (unpaired) electrons. The van der Waals surface area contributed by atoms with Gasteiger partial charge in [-0.25, -0.2) is 8.78 Å². The minimum atomic E-state index is -1.51. The van der Waals surface area contributed by atoms with Gasteiger partial charge in [0.15, 0.2) is 5.92 Å². The van der Waals surface area contributed by atoms with Crippen molar-refractivity contribution in [1.29, 1.82) is 0 Å². The van der Waals surface area contributed by atoms with Crippen LogP contribution in [-0.2, 0) is 35.1 Å². The zero-order valence-corrected chi connectivity index (χ0v) is 15.0. The quantitative estimate of drug-likeness (QED) is 0.481. The number of carbonyl (C=O) groups excluding carboxylic acids is 4. The van der Waals surface area contributed by atoms with Crippen LogP contribution in [0.1, 0.15) is 12.5 Å². The van der Waals surface area contributed by atoms with Crippen molar-refractivity contribution in [3.05, 3.63) is 35.4 Å². The summed E-state index contributed by atoms with van der Waals surface area (Å²) < 4.78 is 35.6. The van der Waals surface area contributed by atoms with Crippen LogP contribution in [0.4, 0.5) is 8.78 Å². The van der Waals surface area contributed by atoms with E-state index in [1.54, 1.807) is 0 Å². The molecule has 148 valence electrons. The van der Waals surface area contributed by atoms with Crippen molar-refractivity contribution in [2.75, 3.05) is 14.2 Å². The Hall–Kier alpha value is -3.04. The maximum absolute atomic E-state index is 13.7. The normalized spacial score (nSPS) is 12.8. The number of carbonyl (C=O) groups is 4. The van der Waals surface area contributed by atoms with Crippen LogP contribution in [0.3, 0.4) is 0 Å². The third-order valence-electron chi connectivity index (χ3n) is 3.95. The summed E-state index contributed by atoms with van der Waals surface area (Å²) in [6.07, 6.45) is -0.510. The summed E-state index contributed by atoms with van der Waals surface area (Å²) in [5, 5.41) is 2.26. The Balaban J connectivity index is 2.99. The molecule has 0 saturated carbocycles. The number of benzene rings is 1. The third kappa shape index (κ3) is 5.73. The molecule has 0 aliphatic rings. The second-order valence-corrected chi connectivity index (χ2v) is 5.74. The number of hydrogen-bond acceptors (Lipinski definition) is 6. The van der Waals surface area contributed by atoms with Crippen LogP contribution < -0.4 is 11.1 Å². The number of rotatable bonds is 8. The smallest absolute Gasteiger partial charge is 0.320 e. The molecule has 0 bridgehead atoms. The second-order valence-electron chi connectivity index (χ2n) is 5.74. The van der Waals surface area contributed by atoms with Crippen molar-refractivity contribution < 1.29 is 37.4 Å². The molecule has 0 aromatic heterocycles. The molecule has 2 atom stereocenters. The number of esters is 2. The summed E-state index contributed by atoms with van der Waals surface area (Å²) in [5.74, 6) is -8.14. The van der Waals surface area contributed by atoms with Crippen molar-refractivity contribution in [3.8, 4) is 0 Å². The molecule has 0 fully saturated rings. The molecule has 0 heterocycles. The first kappa shape index (κ1) is 22.0. The topological polar surface area (TPSA) is 125 Å². The number of nitrogens with one attached hydrogen (secondary N) is 1. The maximum Gasteiger partial charge on any atom is 0.320 e. The van der Waals surface area contributed by atoms with Crippen molar-refractivity contribution in [2.24, 2.45) is 17.6 Å². The lowest BCUT2D eigenvalue weighted by atomic mass is 9.86. The van der Waals surface area contributed by atoms with E-state index in [1.165, 1.54) is 6.92 Å². The lowest BCUT2D eigenvalue weighted by Crippen LogP contribution is -2.53. The number of nitrogens with two attached hydrogens (primary N) is 1. The monoisotopic (exact) mass is 386 g/mol. The molecular formula is C17H20F2N2O6. The average molecular weight is 386 g/mol. The summed E-state index contributed by atoms with van der Waals surface area (Å²) in [6, 6.07) is 1.23. The van der Waals surface area contributed by atoms with Crippen LogP contribution in [-0.4, -0.2) is 44.0 Å². The summed E-state index contributed by atoms with van der Waals surface area (Å²) in [4.78, 5) is 47.6. The third-order valence-corrected chi connectivity index (χ3v) is 3.95. The number of primary amides is 1. The molecule has 0 unspecified atom stereocenters. The zero-order chi connectivity index (χ0) is 20.7. The van der Waals surface area contributed by atoms with Gasteiger partial charge in [0.05, 0.1) is 20.6 Å². The van der Waals surface area contributed by atoms with E-state index in [1.807, 2.05) is 0 Å². The first-order chi connectivity index (χ1) is 12.6. The highest BCUT2D eigenvalue weighted by molar-refractivity contribution is 5.97. The standard InChI is InChI=1S/C17H20F2N2O6/c1-8(13(16(24)26-2)17(25)27-3)14(15(20)23)21-12(22)6-9-4-5-10(18)7-11(9)19/h4-5,7-8,13-14H,6H2,1-3H3,(H2,20,23)(H,21,22)/t8-,14+/m1/s1. The van der Waals surface area contributed by atoms with Gasteiger partial charge in [0.25, 0.3) is 0 Å². The zero-order valence-electron chi connectivity index (χ0n) is 15.0. The molecule has 8 nitrogen and oxygen atoms in total. The molecular weight excluding hydrogens is 366 g/mol. The molecule has 0 spiro atoms. The second kappa shape index (κ2) is 9.60. The highest BCUT2D eigenvalue weighted by Gasteiger charge is 2.41. The van der Waals surface area contributed by atoms with E-state index in [0.717, 1.165) is 26.4 Å². The summed E-state index contributed by atoms with van der Waals surface area (Å²) >= 11 is 0. The van der Waals surface area contributed by atoms with Crippen LogP contribution in [0, 0.1) is 23.5 Å². The summed E-state index contributed by atoms with van der Waals surface area (Å²) in [7, 11) is 2.08. The number of methoxy groups -OCH3 is 2. The first-order valence-electron chi connectivity index (χ1n) is 7.80. The molecule has 0 aliphatic carbocycles. The molecule has 1 rings (SSSR count). The van der Waals surface area contributed by atoms with Gasteiger partial charge in [-0.2, -0.15) is 0 Å². The SMILES string of the molecule is COC(=O)C(C(=O)OC)[C@@H](C)[C@H](NC(=O)Cc1ccc(F)cc1F)C(N)=O. The molecule has 1 aromatic carbocycles. The molecule has 2 amide bonds. The lowest BCUT2D eigenvalue weighted by molar-refractivity contribution is -0.162. The van der Waals surface area contributed by atoms with Crippen molar-refractivity contribution in [2.45, 2.75) is 19.4 Å². The van der Waals surface area contributed by atoms with E-state index >= 15 is 0 Å². The van der Waals surface area contributed by atoms with Gasteiger partial charge < -0.3 is 20.5 Å². The minimum absolute atomic E-state index is 0.109. The van der Waals surface area contributed by atoms with E-state index < -0.39 is 59.7 Å². The van der Waals surface area contributed by atoms with Crippen LogP contribution in [0.2, 0.25) is 0 Å². The Morgan fingerprint density at radius 3 is 2.11 bits per heavy atom. The Bertz CT molecular complexity index is 724. The average Bonchev–Trinajstić information content (AvgIpc) is 2.61. The summed E-state index contributed by atoms with van der Waals surface area (Å²) in [6.45, 7) is 1.33. The van der Waals surface area contributed by atoms with Gasteiger partial charge in [-0.05, 0) is 11.6 Å². The van der Waals surface area contributed by atoms with Gasteiger partial charge in [0, 0.05) is 12.0 Å². The van der Waals surface area contributed by atoms with Crippen LogP contribution >= 0.6 is 0 Å². The number of hydrogen-bond donors (Lipinski definition) is 2. The molecule has 10 heteroatoms. The van der Waals surface area contributed by atoms with E-state index in [2.05, 4.69) is 14.8 Å². The predicted molar refractivity (Wildman–Crippen MR) is 87.9 cm³/mol. The minimum Gasteiger partial charge on any atom is -0.468 e. The fourth-order valence-corrected chi connectivity index (χ4v) is 2.50. The van der Waals surface area contributed by atoms with Gasteiger partial charge in [-0.15, -0.1) is 0 Å². The molecule has 3 N–H and O–H groups in total. The molecule has 0 aliphatic heterocycles. The first-order valence-corrected chi connectivity index (χ1v) is 7.80. The van der Waals surface area contributed by atoms with Gasteiger partial charge in [0.1, 0.15) is 17.7 Å². The van der Waals surface area contributed by atoms with Crippen molar-refractivity contribution in [3.63, 3.8) is 0 Å². The van der Waals surface area contributed by atoms with Gasteiger partial charge >= 0.3 is 11.9 Å². The highest BCUT2D eigenvalue weighted by atomic mass is 19.1. The van der Waals surface area contributed by atoms with E-state index in [0.29, 0.717) is 6.07 Å². The number of halogens is 2. The Labute approximate surface area is 154 Å². The van der Waals surface area contributed by atoms with Crippen molar-refractivity contribution in [1.82, 2.24) is 5.32 Å². The number of amides is 2. The molecule has 1 aromatic rings. The molecule has 27 heavy (non-hydrogen) atoms. The largest absolute Gasteiger partial charge is 0.468 e. The van der Waals surface area contributed by atoms with Crippen LogP contribution in [0.5, 0.6) is 0 Å². The van der Waals surface area contributed by atoms with E-state index in [-0.39, 0.29) is 5.56 Å². The van der Waals surface area contributed by atoms with Gasteiger partial charge in [0.2, 0.25) is 11.8 Å². The lowest BCUT2D eigenvalue weighted by Gasteiger charge is -2.26. The predicted octanol–water partition coefficient (Wildman–Crippen LogP) is 0.0757. The van der Waals surface area contributed by atoms with E-state index in [4.69, 9.17) is 5.73 Å². The van der Waals surface area contributed by atoms with E-state index in [9.17, 15) is 28.0 Å². The van der Waals surface area contributed by atoms with Crippen LogP contribution in [0.15, 0.2) is 18.2 Å². The Morgan fingerprint density at radius 2 is 1.67 bits per heavy atom. The Kier molecular flexibility index (Phi) is 7.82. The number of ether oxygens (including phenoxy) is 2. The molecule has 0 saturated heterocycles. The Morgan fingerprint density at radius 1 is 1.11 bits per heavy atom. The highest BCUT2D eigenvalue weighted by Crippen LogP contribution is 2.20. The van der Waals surface area contributed by atoms with Crippen LogP contribution in [0.25, 0.3) is 0 Å². The van der Waals surface area contributed by atoms with Gasteiger partial charge in [-0.1, -0.05) is 13.0 Å². The summed E-state index contributed by atoms with van der Waals surface area (Å²) in [5.41, 5.74) is 5.16. The fraction of sp³-hybridized carbons (Fsp3) is 0.412. The fourth-order valence-electron chi connectivity index (χ4n) is 2.50. The maximum atomic E-state index is 13.7.